The van der Waals surface area contributed by atoms with Crippen LogP contribution in [0.25, 0.3) is 10.2 Å². The zero-order valence-corrected chi connectivity index (χ0v) is 10.2. The Labute approximate surface area is 96.8 Å². The van der Waals surface area contributed by atoms with E-state index in [1.54, 1.807) is 10.6 Å². The van der Waals surface area contributed by atoms with Crippen LogP contribution < -0.4 is 11.2 Å². The van der Waals surface area contributed by atoms with Gasteiger partial charge in [-0.25, -0.2) is 4.79 Å². The molecule has 0 bridgehead atoms. The summed E-state index contributed by atoms with van der Waals surface area (Å²) < 4.78 is 2.88. The minimum atomic E-state index is -0.214. The molecule has 86 valence electrons. The van der Waals surface area contributed by atoms with Crippen molar-refractivity contribution in [2.75, 3.05) is 0 Å². The summed E-state index contributed by atoms with van der Waals surface area (Å²) in [6.45, 7) is 2.76. The average Bonchev–Trinajstić information content (AvgIpc) is 2.75. The zero-order valence-electron chi connectivity index (χ0n) is 9.40. The van der Waals surface area contributed by atoms with Gasteiger partial charge in [0.05, 0.1) is 5.39 Å². The van der Waals surface area contributed by atoms with Gasteiger partial charge in [0.2, 0.25) is 0 Å². The Kier molecular flexibility index (Phi) is 2.96. The Hall–Kier alpha value is -1.36. The van der Waals surface area contributed by atoms with Gasteiger partial charge >= 0.3 is 5.69 Å². The first kappa shape index (κ1) is 11.1. The van der Waals surface area contributed by atoms with Gasteiger partial charge in [-0.05, 0) is 17.9 Å². The van der Waals surface area contributed by atoms with Gasteiger partial charge in [0, 0.05) is 13.6 Å². The van der Waals surface area contributed by atoms with Crippen molar-refractivity contribution in [3.05, 3.63) is 32.3 Å². The molecule has 0 atom stereocenters. The molecule has 0 fully saturated rings. The van der Waals surface area contributed by atoms with Crippen LogP contribution in [-0.4, -0.2) is 9.13 Å². The summed E-state index contributed by atoms with van der Waals surface area (Å²) in [6, 6.07) is 1.78. The normalized spacial score (nSPS) is 11.1. The van der Waals surface area contributed by atoms with Crippen molar-refractivity contribution in [3.8, 4) is 0 Å². The highest BCUT2D eigenvalue weighted by Crippen LogP contribution is 2.15. The first-order valence-electron chi connectivity index (χ1n) is 5.34. The molecule has 0 aliphatic carbocycles. The molecule has 2 aromatic rings. The van der Waals surface area contributed by atoms with E-state index in [0.717, 1.165) is 17.7 Å². The molecule has 0 unspecified atom stereocenters. The Morgan fingerprint density at radius 3 is 2.81 bits per heavy atom. The van der Waals surface area contributed by atoms with Crippen LogP contribution in [0.5, 0.6) is 0 Å². The molecule has 2 rings (SSSR count). The number of nitrogens with zero attached hydrogens (tertiary/aromatic N) is 2. The maximum Gasteiger partial charge on any atom is 0.331 e. The quantitative estimate of drug-likeness (QED) is 0.814. The fraction of sp³-hybridized carbons (Fsp3) is 0.455. The molecule has 4 nitrogen and oxygen atoms in total. The van der Waals surface area contributed by atoms with Crippen molar-refractivity contribution in [2.45, 2.75) is 26.3 Å². The van der Waals surface area contributed by atoms with Crippen LogP contribution in [0, 0.1) is 0 Å². The third-order valence-electron chi connectivity index (χ3n) is 2.68. The van der Waals surface area contributed by atoms with E-state index in [2.05, 4.69) is 6.92 Å². The molecule has 0 aromatic carbocycles. The monoisotopic (exact) mass is 238 g/mol. The molecule has 0 N–H and O–H groups in total. The predicted octanol–water partition coefficient (Wildman–Crippen LogP) is 1.56. The second kappa shape index (κ2) is 4.25. The molecule has 0 aliphatic rings. The molecule has 0 amide bonds. The number of rotatable bonds is 3. The van der Waals surface area contributed by atoms with Gasteiger partial charge in [-0.1, -0.05) is 13.3 Å². The Morgan fingerprint density at radius 2 is 2.12 bits per heavy atom. The van der Waals surface area contributed by atoms with Crippen LogP contribution >= 0.6 is 11.3 Å². The molecule has 2 aromatic heterocycles. The fourth-order valence-corrected chi connectivity index (χ4v) is 2.63. The second-order valence-electron chi connectivity index (χ2n) is 3.79. The first-order chi connectivity index (χ1) is 7.66. The molecule has 0 saturated carbocycles. The second-order valence-corrected chi connectivity index (χ2v) is 4.69. The summed E-state index contributed by atoms with van der Waals surface area (Å²) in [7, 11) is 1.53. The van der Waals surface area contributed by atoms with Crippen molar-refractivity contribution in [2.24, 2.45) is 7.05 Å². The number of aryl methyl sites for hydroxylation is 1. The van der Waals surface area contributed by atoms with Gasteiger partial charge in [0.1, 0.15) is 4.83 Å². The lowest BCUT2D eigenvalue weighted by Gasteiger charge is -2.08. The van der Waals surface area contributed by atoms with Gasteiger partial charge in [-0.15, -0.1) is 11.3 Å². The highest BCUT2D eigenvalue weighted by atomic mass is 32.1. The van der Waals surface area contributed by atoms with Crippen LogP contribution in [0.1, 0.15) is 19.8 Å². The first-order valence-corrected chi connectivity index (χ1v) is 6.21. The molecule has 16 heavy (non-hydrogen) atoms. The minimum absolute atomic E-state index is 0.200. The molecular formula is C11H14N2O2S. The van der Waals surface area contributed by atoms with E-state index in [1.165, 1.54) is 23.0 Å². The smallest absolute Gasteiger partial charge is 0.284 e. The van der Waals surface area contributed by atoms with Crippen LogP contribution in [-0.2, 0) is 13.6 Å². The largest absolute Gasteiger partial charge is 0.331 e. The average molecular weight is 238 g/mol. The third kappa shape index (κ3) is 1.61. The predicted molar refractivity (Wildman–Crippen MR) is 66.2 cm³/mol. The molecule has 2 heterocycles. The molecule has 0 radical (unpaired) electrons. The maximum atomic E-state index is 11.9. The summed E-state index contributed by atoms with van der Waals surface area (Å²) in [4.78, 5) is 24.5. The van der Waals surface area contributed by atoms with E-state index in [-0.39, 0.29) is 11.2 Å². The van der Waals surface area contributed by atoms with E-state index in [0.29, 0.717) is 11.9 Å². The fourth-order valence-electron chi connectivity index (χ4n) is 1.72. The van der Waals surface area contributed by atoms with E-state index in [9.17, 15) is 9.59 Å². The summed E-state index contributed by atoms with van der Waals surface area (Å²) in [5.74, 6) is 0. The standard InChI is InChI=1S/C11H14N2O2S/c1-3-4-6-13-10-8(5-7-16-10)9(14)12(2)11(13)15/h5,7H,3-4,6H2,1-2H3. The van der Waals surface area contributed by atoms with Crippen LogP contribution in [0.4, 0.5) is 0 Å². The lowest BCUT2D eigenvalue weighted by molar-refractivity contribution is 0.591. The number of aromatic nitrogens is 2. The highest BCUT2D eigenvalue weighted by molar-refractivity contribution is 7.16. The van der Waals surface area contributed by atoms with Gasteiger partial charge in [-0.3, -0.25) is 13.9 Å². The number of fused-ring (bicyclic) bond motifs is 1. The minimum Gasteiger partial charge on any atom is -0.284 e. The number of hydrogen-bond donors (Lipinski definition) is 0. The summed E-state index contributed by atoms with van der Waals surface area (Å²) in [5, 5.41) is 2.50. The van der Waals surface area contributed by atoms with Crippen molar-refractivity contribution in [1.82, 2.24) is 9.13 Å². The zero-order chi connectivity index (χ0) is 11.7. The van der Waals surface area contributed by atoms with Crippen molar-refractivity contribution in [3.63, 3.8) is 0 Å². The summed E-state index contributed by atoms with van der Waals surface area (Å²) >= 11 is 1.45. The Bertz CT molecular complexity index is 621. The van der Waals surface area contributed by atoms with E-state index >= 15 is 0 Å². The number of thiophene rings is 1. The highest BCUT2D eigenvalue weighted by Gasteiger charge is 2.10. The van der Waals surface area contributed by atoms with Gasteiger partial charge in [0.25, 0.3) is 5.56 Å². The van der Waals surface area contributed by atoms with Crippen LogP contribution in [0.3, 0.4) is 0 Å². The Balaban J connectivity index is 2.76. The molecular weight excluding hydrogens is 224 g/mol. The summed E-state index contributed by atoms with van der Waals surface area (Å²) in [6.07, 6.45) is 1.98. The molecule has 0 aliphatic heterocycles. The summed E-state index contributed by atoms with van der Waals surface area (Å²) in [5.41, 5.74) is -0.414. The maximum absolute atomic E-state index is 11.9. The van der Waals surface area contributed by atoms with E-state index in [1.807, 2.05) is 5.38 Å². The Morgan fingerprint density at radius 1 is 1.38 bits per heavy atom. The SMILES string of the molecule is CCCCn1c(=O)n(C)c(=O)c2ccsc21. The number of hydrogen-bond acceptors (Lipinski definition) is 3. The lowest BCUT2D eigenvalue weighted by atomic mass is 10.3. The van der Waals surface area contributed by atoms with Gasteiger partial charge < -0.3 is 0 Å². The third-order valence-corrected chi connectivity index (χ3v) is 3.61. The molecule has 0 saturated heterocycles. The topological polar surface area (TPSA) is 44.0 Å². The van der Waals surface area contributed by atoms with E-state index < -0.39 is 0 Å². The van der Waals surface area contributed by atoms with E-state index in [4.69, 9.17) is 0 Å². The van der Waals surface area contributed by atoms with Gasteiger partial charge in [0.15, 0.2) is 0 Å². The van der Waals surface area contributed by atoms with Crippen molar-refractivity contribution >= 4 is 21.6 Å². The van der Waals surface area contributed by atoms with Gasteiger partial charge in [-0.2, -0.15) is 0 Å². The number of unbranched alkanes of at least 4 members (excludes halogenated alkanes) is 1. The van der Waals surface area contributed by atoms with Crippen LogP contribution in [0.15, 0.2) is 21.0 Å². The molecule has 5 heteroatoms. The van der Waals surface area contributed by atoms with Crippen LogP contribution in [0.2, 0.25) is 0 Å². The molecule has 0 spiro atoms. The van der Waals surface area contributed by atoms with Crippen molar-refractivity contribution in [1.29, 1.82) is 0 Å². The lowest BCUT2D eigenvalue weighted by Crippen LogP contribution is -2.37. The van der Waals surface area contributed by atoms with Crippen molar-refractivity contribution < 1.29 is 0 Å².